The lowest BCUT2D eigenvalue weighted by molar-refractivity contribution is -0.140. The van der Waals surface area contributed by atoms with E-state index in [1.807, 2.05) is 30.3 Å². The van der Waals surface area contributed by atoms with E-state index in [2.05, 4.69) is 5.32 Å². The van der Waals surface area contributed by atoms with Crippen LogP contribution < -0.4 is 5.32 Å². The summed E-state index contributed by atoms with van der Waals surface area (Å²) in [6, 6.07) is 15.2. The van der Waals surface area contributed by atoms with Crippen molar-refractivity contribution < 1.29 is 14.0 Å². The molecule has 0 aromatic heterocycles. The van der Waals surface area contributed by atoms with Crippen LogP contribution in [0.3, 0.4) is 0 Å². The molecule has 0 radical (unpaired) electrons. The third kappa shape index (κ3) is 3.15. The minimum atomic E-state index is -0.470. The van der Waals surface area contributed by atoms with Gasteiger partial charge in [-0.05, 0) is 24.1 Å². The van der Waals surface area contributed by atoms with Crippen molar-refractivity contribution in [2.45, 2.75) is 18.9 Å². The maximum absolute atomic E-state index is 13.8. The maximum atomic E-state index is 13.8. The second-order valence-corrected chi connectivity index (χ2v) is 5.97. The van der Waals surface area contributed by atoms with E-state index in [4.69, 9.17) is 0 Å². The summed E-state index contributed by atoms with van der Waals surface area (Å²) in [7, 11) is 1.71. The molecule has 0 aliphatic carbocycles. The van der Waals surface area contributed by atoms with E-state index in [-0.39, 0.29) is 23.5 Å². The monoisotopic (exact) mass is 326 g/mol. The molecule has 1 N–H and O–H groups in total. The highest BCUT2D eigenvalue weighted by Gasteiger charge is 2.38. The lowest BCUT2D eigenvalue weighted by Gasteiger charge is -2.38. The zero-order chi connectivity index (χ0) is 17.1. The zero-order valence-corrected chi connectivity index (χ0v) is 13.4. The predicted octanol–water partition coefficient (Wildman–Crippen LogP) is 3.37. The Morgan fingerprint density at radius 1 is 1.12 bits per heavy atom. The number of anilines is 1. The van der Waals surface area contributed by atoms with Gasteiger partial charge in [0.2, 0.25) is 11.8 Å². The molecule has 1 heterocycles. The molecule has 124 valence electrons. The van der Waals surface area contributed by atoms with Crippen molar-refractivity contribution in [3.8, 4) is 0 Å². The summed E-state index contributed by atoms with van der Waals surface area (Å²) < 4.78 is 13.8. The molecule has 1 aliphatic heterocycles. The van der Waals surface area contributed by atoms with E-state index in [1.54, 1.807) is 24.1 Å². The molecule has 2 aromatic carbocycles. The zero-order valence-electron chi connectivity index (χ0n) is 13.4. The van der Waals surface area contributed by atoms with Crippen LogP contribution in [0.25, 0.3) is 0 Å². The number of benzene rings is 2. The second-order valence-electron chi connectivity index (χ2n) is 5.97. The maximum Gasteiger partial charge on any atom is 0.230 e. The average molecular weight is 326 g/mol. The number of rotatable bonds is 3. The van der Waals surface area contributed by atoms with Gasteiger partial charge in [0.05, 0.1) is 17.6 Å². The molecule has 2 atom stereocenters. The Hall–Kier alpha value is -2.69. The van der Waals surface area contributed by atoms with Gasteiger partial charge in [-0.3, -0.25) is 9.59 Å². The molecule has 24 heavy (non-hydrogen) atoms. The van der Waals surface area contributed by atoms with Crippen molar-refractivity contribution in [2.24, 2.45) is 5.92 Å². The van der Waals surface area contributed by atoms with Gasteiger partial charge in [0.15, 0.2) is 0 Å². The van der Waals surface area contributed by atoms with Crippen molar-refractivity contribution in [1.82, 2.24) is 4.90 Å². The molecule has 0 saturated carbocycles. The van der Waals surface area contributed by atoms with Gasteiger partial charge < -0.3 is 10.2 Å². The first-order valence-corrected chi connectivity index (χ1v) is 7.94. The first-order valence-electron chi connectivity index (χ1n) is 7.94. The Morgan fingerprint density at radius 2 is 1.79 bits per heavy atom. The fourth-order valence-electron chi connectivity index (χ4n) is 3.21. The molecule has 1 fully saturated rings. The van der Waals surface area contributed by atoms with Crippen LogP contribution in [0.4, 0.5) is 10.1 Å². The summed E-state index contributed by atoms with van der Waals surface area (Å²) in [5.74, 6) is -1.15. The molecular formula is C19H19FN2O2. The van der Waals surface area contributed by atoms with E-state index in [1.165, 1.54) is 12.1 Å². The number of carbonyl (C=O) groups excluding carboxylic acids is 2. The summed E-state index contributed by atoms with van der Waals surface area (Å²) in [4.78, 5) is 26.4. The number of hydrogen-bond donors (Lipinski definition) is 1. The standard InChI is InChI=1S/C19H19FN2O2/c1-22-17(23)12-11-14(18(22)13-7-3-2-4-8-13)19(24)21-16-10-6-5-9-15(16)20/h2-10,14,18H,11-12H2,1H3,(H,21,24). The summed E-state index contributed by atoms with van der Waals surface area (Å²) in [6.45, 7) is 0. The lowest BCUT2D eigenvalue weighted by Crippen LogP contribution is -2.44. The number of likely N-dealkylation sites (tertiary alicyclic amines) is 1. The average Bonchev–Trinajstić information content (AvgIpc) is 2.60. The Balaban J connectivity index is 1.88. The molecule has 0 spiro atoms. The normalized spacial score (nSPS) is 20.8. The molecule has 2 unspecified atom stereocenters. The molecule has 2 amide bonds. The first kappa shape index (κ1) is 16.2. The number of nitrogens with zero attached hydrogens (tertiary/aromatic N) is 1. The molecule has 0 bridgehead atoms. The number of piperidine rings is 1. The first-order chi connectivity index (χ1) is 11.6. The van der Waals surface area contributed by atoms with Gasteiger partial charge >= 0.3 is 0 Å². The van der Waals surface area contributed by atoms with Gasteiger partial charge in [0, 0.05) is 13.5 Å². The topological polar surface area (TPSA) is 49.4 Å². The van der Waals surface area contributed by atoms with Crippen molar-refractivity contribution >= 4 is 17.5 Å². The molecule has 2 aromatic rings. The quantitative estimate of drug-likeness (QED) is 0.940. The molecule has 1 saturated heterocycles. The van der Waals surface area contributed by atoms with E-state index in [0.29, 0.717) is 12.8 Å². The SMILES string of the molecule is CN1C(=O)CCC(C(=O)Nc2ccccc2F)C1c1ccccc1. The number of nitrogens with one attached hydrogen (secondary N) is 1. The molecule has 5 heteroatoms. The summed E-state index contributed by atoms with van der Waals surface area (Å²) in [5.41, 5.74) is 1.07. The number of para-hydroxylation sites is 1. The molecule has 1 aliphatic rings. The lowest BCUT2D eigenvalue weighted by atomic mass is 9.84. The minimum Gasteiger partial charge on any atom is -0.338 e. The summed E-state index contributed by atoms with van der Waals surface area (Å²) in [6.07, 6.45) is 0.762. The highest BCUT2D eigenvalue weighted by atomic mass is 19.1. The van der Waals surface area contributed by atoms with Crippen LogP contribution >= 0.6 is 0 Å². The molecule has 4 nitrogen and oxygen atoms in total. The number of hydrogen-bond acceptors (Lipinski definition) is 2. The highest BCUT2D eigenvalue weighted by Crippen LogP contribution is 2.36. The Bertz CT molecular complexity index is 748. The third-order valence-electron chi connectivity index (χ3n) is 4.47. The van der Waals surface area contributed by atoms with Crippen LogP contribution in [0.2, 0.25) is 0 Å². The van der Waals surface area contributed by atoms with Crippen LogP contribution in [-0.2, 0) is 9.59 Å². The van der Waals surface area contributed by atoms with Crippen LogP contribution in [0.5, 0.6) is 0 Å². The van der Waals surface area contributed by atoms with E-state index in [9.17, 15) is 14.0 Å². The van der Waals surface area contributed by atoms with Gasteiger partial charge in [0.25, 0.3) is 0 Å². The largest absolute Gasteiger partial charge is 0.338 e. The molecule has 3 rings (SSSR count). The van der Waals surface area contributed by atoms with Gasteiger partial charge in [-0.25, -0.2) is 4.39 Å². The number of halogens is 1. The van der Waals surface area contributed by atoms with Crippen LogP contribution in [0.1, 0.15) is 24.4 Å². The highest BCUT2D eigenvalue weighted by molar-refractivity contribution is 5.94. The van der Waals surface area contributed by atoms with E-state index >= 15 is 0 Å². The molecular weight excluding hydrogens is 307 g/mol. The van der Waals surface area contributed by atoms with Crippen molar-refractivity contribution in [3.05, 3.63) is 66.0 Å². The van der Waals surface area contributed by atoms with Crippen LogP contribution in [0.15, 0.2) is 54.6 Å². The summed E-state index contributed by atoms with van der Waals surface area (Å²) >= 11 is 0. The fourth-order valence-corrected chi connectivity index (χ4v) is 3.21. The van der Waals surface area contributed by atoms with E-state index in [0.717, 1.165) is 5.56 Å². The Labute approximate surface area is 140 Å². The van der Waals surface area contributed by atoms with Gasteiger partial charge in [-0.15, -0.1) is 0 Å². The van der Waals surface area contributed by atoms with E-state index < -0.39 is 11.7 Å². The number of carbonyl (C=O) groups is 2. The van der Waals surface area contributed by atoms with Crippen LogP contribution in [0, 0.1) is 11.7 Å². The van der Waals surface area contributed by atoms with Crippen molar-refractivity contribution in [1.29, 1.82) is 0 Å². The van der Waals surface area contributed by atoms with Crippen molar-refractivity contribution in [3.63, 3.8) is 0 Å². The smallest absolute Gasteiger partial charge is 0.230 e. The second kappa shape index (κ2) is 6.83. The minimum absolute atomic E-state index is 0.0128. The van der Waals surface area contributed by atoms with Crippen molar-refractivity contribution in [2.75, 3.05) is 12.4 Å². The van der Waals surface area contributed by atoms with Gasteiger partial charge in [-0.2, -0.15) is 0 Å². The van der Waals surface area contributed by atoms with Gasteiger partial charge in [0.1, 0.15) is 5.82 Å². The third-order valence-corrected chi connectivity index (χ3v) is 4.47. The van der Waals surface area contributed by atoms with Crippen LogP contribution in [-0.4, -0.2) is 23.8 Å². The number of amides is 2. The summed E-state index contributed by atoms with van der Waals surface area (Å²) in [5, 5.41) is 2.66. The van der Waals surface area contributed by atoms with Gasteiger partial charge in [-0.1, -0.05) is 42.5 Å². The fraction of sp³-hybridized carbons (Fsp3) is 0.263. The Kier molecular flexibility index (Phi) is 4.60. The Morgan fingerprint density at radius 3 is 2.50 bits per heavy atom. The predicted molar refractivity (Wildman–Crippen MR) is 89.7 cm³/mol.